The zero-order valence-electron chi connectivity index (χ0n) is 16.6. The molecule has 10 heteroatoms. The van der Waals surface area contributed by atoms with Gasteiger partial charge in [0.1, 0.15) is 0 Å². The normalized spacial score (nSPS) is 12.8. The highest BCUT2D eigenvalue weighted by Gasteiger charge is 2.24. The van der Waals surface area contributed by atoms with E-state index in [-0.39, 0.29) is 0 Å². The summed E-state index contributed by atoms with van der Waals surface area (Å²) in [5.74, 6) is -1.63. The van der Waals surface area contributed by atoms with Gasteiger partial charge in [0, 0.05) is 41.3 Å². The Morgan fingerprint density at radius 1 is 0.654 bits per heavy atom. The molecule has 0 fully saturated rings. The van der Waals surface area contributed by atoms with Crippen LogP contribution in [0.1, 0.15) is 51.4 Å². The molecule has 26 heavy (non-hydrogen) atoms. The standard InChI is InChI=1S/C16H32B2Br2N2O4/c1-21(2,17(19)15(23)24)13-11-9-7-5-6-8-10-12-14-22(3,4)18(20)16(25)26/h5-14H2,1-4H3/q-2/p+2. The molecule has 2 N–H and O–H groups in total. The Bertz CT molecular complexity index is 414. The zero-order chi connectivity index (χ0) is 20.4. The van der Waals surface area contributed by atoms with E-state index in [1.807, 2.05) is 28.2 Å². The Labute approximate surface area is 175 Å². The molecule has 0 aliphatic rings. The van der Waals surface area contributed by atoms with Gasteiger partial charge in [-0.25, -0.2) is 0 Å². The number of unbranched alkanes of at least 4 members (excludes halogenated alkanes) is 7. The van der Waals surface area contributed by atoms with Gasteiger partial charge in [-0.15, -0.1) is 0 Å². The van der Waals surface area contributed by atoms with Gasteiger partial charge in [0.15, 0.2) is 11.7 Å². The molecule has 0 bridgehead atoms. The van der Waals surface area contributed by atoms with E-state index < -0.39 is 23.1 Å². The Kier molecular flexibility index (Phi) is 12.4. The van der Waals surface area contributed by atoms with Crippen molar-refractivity contribution in [3.63, 3.8) is 0 Å². The number of carbonyl (C=O) groups is 2. The quantitative estimate of drug-likeness (QED) is 0.256. The van der Waals surface area contributed by atoms with Crippen molar-refractivity contribution < 1.29 is 28.6 Å². The van der Waals surface area contributed by atoms with Crippen LogP contribution in [0.3, 0.4) is 0 Å². The number of hydrogen-bond acceptors (Lipinski definition) is 2. The minimum absolute atomic E-state index is 0.453. The molecule has 0 amide bonds. The maximum atomic E-state index is 11.0. The van der Waals surface area contributed by atoms with Crippen molar-refractivity contribution in [1.29, 1.82) is 0 Å². The number of halogens is 2. The van der Waals surface area contributed by atoms with Gasteiger partial charge < -0.3 is 19.0 Å². The van der Waals surface area contributed by atoms with Crippen LogP contribution >= 0.6 is 31.5 Å². The van der Waals surface area contributed by atoms with E-state index in [0.29, 0.717) is 8.79 Å². The molecule has 0 aliphatic heterocycles. The minimum atomic E-state index is -0.814. The van der Waals surface area contributed by atoms with E-state index in [2.05, 4.69) is 31.5 Å². The molecule has 0 spiro atoms. The van der Waals surface area contributed by atoms with Gasteiger partial charge in [-0.05, 0) is 25.7 Å². The van der Waals surface area contributed by atoms with Gasteiger partial charge in [0.05, 0.1) is 0 Å². The maximum Gasteiger partial charge on any atom is 0.324 e. The second-order valence-electron chi connectivity index (χ2n) is 8.18. The van der Waals surface area contributed by atoms with E-state index in [0.717, 1.165) is 38.8 Å². The van der Waals surface area contributed by atoms with E-state index in [1.54, 1.807) is 0 Å². The maximum absolute atomic E-state index is 11.0. The topological polar surface area (TPSA) is 74.6 Å². The van der Waals surface area contributed by atoms with E-state index in [9.17, 15) is 9.59 Å². The van der Waals surface area contributed by atoms with Gasteiger partial charge in [-0.2, -0.15) is 0 Å². The fourth-order valence-electron chi connectivity index (χ4n) is 2.92. The predicted octanol–water partition coefficient (Wildman–Crippen LogP) is 4.55. The molecule has 0 unspecified atom stereocenters. The van der Waals surface area contributed by atoms with Crippen LogP contribution in [-0.4, -0.2) is 83.4 Å². The first kappa shape index (κ1) is 25.9. The fraction of sp³-hybridized carbons (Fsp3) is 0.875. The summed E-state index contributed by atoms with van der Waals surface area (Å²) in [7, 11) is 7.76. The highest BCUT2D eigenvalue weighted by molar-refractivity contribution is 9.25. The number of quaternary nitrogens is 2. The molecule has 0 aliphatic carbocycles. The van der Waals surface area contributed by atoms with Crippen molar-refractivity contribution in [1.82, 2.24) is 0 Å². The summed E-state index contributed by atoms with van der Waals surface area (Å²) in [4.78, 5) is 22.1. The fourth-order valence-corrected chi connectivity index (χ4v) is 3.33. The molecule has 2 radical (unpaired) electrons. The number of nitrogens with zero attached hydrogens (tertiary/aromatic N) is 2. The highest BCUT2D eigenvalue weighted by atomic mass is 79.9. The summed E-state index contributed by atoms with van der Waals surface area (Å²) in [6.45, 7) is 1.71. The van der Waals surface area contributed by atoms with Crippen LogP contribution in [0.5, 0.6) is 0 Å². The first-order valence-corrected chi connectivity index (χ1v) is 11.1. The number of rotatable bonds is 15. The van der Waals surface area contributed by atoms with Crippen LogP contribution in [0.25, 0.3) is 0 Å². The summed E-state index contributed by atoms with van der Waals surface area (Å²) >= 11 is 6.50. The monoisotopic (exact) mass is 498 g/mol. The Balaban J connectivity index is 3.69. The molecule has 0 saturated heterocycles. The molecule has 0 atom stereocenters. The average molecular weight is 500 g/mol. The van der Waals surface area contributed by atoms with Gasteiger partial charge in [0.2, 0.25) is 0 Å². The Hall–Kier alpha value is -0.0501. The van der Waals surface area contributed by atoms with Crippen molar-refractivity contribution in [2.24, 2.45) is 0 Å². The van der Waals surface area contributed by atoms with Crippen LogP contribution in [-0.2, 0) is 0 Å². The molecule has 0 aromatic carbocycles. The SMILES string of the molecule is C[N+](C)(CCCCCCCCCC[N+](C)(C)[B-](Br)C(=O)O)[B-](Br)C(=O)O. The summed E-state index contributed by atoms with van der Waals surface area (Å²) in [6, 6.07) is 0. The van der Waals surface area contributed by atoms with Gasteiger partial charge in [0.25, 0.3) is 0 Å². The molecule has 0 aromatic heterocycles. The van der Waals surface area contributed by atoms with Gasteiger partial charge in [-0.3, -0.25) is 41.1 Å². The van der Waals surface area contributed by atoms with Crippen molar-refractivity contribution in [3.8, 4) is 0 Å². The van der Waals surface area contributed by atoms with Crippen LogP contribution in [0.15, 0.2) is 0 Å². The zero-order valence-corrected chi connectivity index (χ0v) is 19.8. The summed E-state index contributed by atoms with van der Waals surface area (Å²) in [5, 5.41) is 18.1. The number of carboxylic acid groups (broad SMARTS) is 2. The lowest BCUT2D eigenvalue weighted by Gasteiger charge is -2.43. The third-order valence-corrected chi connectivity index (χ3v) is 7.85. The predicted molar refractivity (Wildman–Crippen MR) is 116 cm³/mol. The molecule has 6 nitrogen and oxygen atoms in total. The van der Waals surface area contributed by atoms with E-state index >= 15 is 0 Å². The Morgan fingerprint density at radius 2 is 0.885 bits per heavy atom. The molecule has 0 saturated carbocycles. The lowest BCUT2D eigenvalue weighted by atomic mass is 9.87. The molecule has 152 valence electrons. The van der Waals surface area contributed by atoms with Crippen molar-refractivity contribution >= 4 is 54.6 Å². The minimum Gasteiger partial charge on any atom is -0.523 e. The second-order valence-corrected chi connectivity index (χ2v) is 9.92. The third kappa shape index (κ3) is 10.3. The van der Waals surface area contributed by atoms with E-state index in [4.69, 9.17) is 10.2 Å². The third-order valence-electron chi connectivity index (χ3n) is 4.85. The largest absolute Gasteiger partial charge is 0.523 e. The summed E-state index contributed by atoms with van der Waals surface area (Å²) in [6.07, 6.45) is 9.13. The van der Waals surface area contributed by atoms with Gasteiger partial charge >= 0.3 is 11.3 Å². The molecule has 0 aromatic rings. The number of hydrogen-bond donors (Lipinski definition) is 2. The molecular weight excluding hydrogens is 466 g/mol. The van der Waals surface area contributed by atoms with Crippen LogP contribution < -0.4 is 0 Å². The summed E-state index contributed by atoms with van der Waals surface area (Å²) in [5.41, 5.74) is -1.10. The summed E-state index contributed by atoms with van der Waals surface area (Å²) < 4.78 is 0.905. The molecular formula is C16H34B2Br2N2O4. The van der Waals surface area contributed by atoms with Crippen molar-refractivity contribution in [3.05, 3.63) is 0 Å². The molecule has 0 heterocycles. The van der Waals surface area contributed by atoms with E-state index in [1.165, 1.54) is 25.7 Å². The van der Waals surface area contributed by atoms with Crippen LogP contribution in [0, 0.1) is 0 Å². The highest BCUT2D eigenvalue weighted by Crippen LogP contribution is 2.16. The van der Waals surface area contributed by atoms with Crippen LogP contribution in [0.4, 0.5) is 9.59 Å². The first-order valence-electron chi connectivity index (χ1n) is 9.31. The lowest BCUT2D eigenvalue weighted by molar-refractivity contribution is -0.779. The van der Waals surface area contributed by atoms with Gasteiger partial charge in [-0.1, -0.05) is 25.7 Å². The average Bonchev–Trinajstić information content (AvgIpc) is 2.54. The second kappa shape index (κ2) is 12.4. The van der Waals surface area contributed by atoms with Crippen molar-refractivity contribution in [2.75, 3.05) is 41.3 Å². The molecule has 0 rings (SSSR count). The van der Waals surface area contributed by atoms with Crippen LogP contribution in [0.2, 0.25) is 0 Å². The van der Waals surface area contributed by atoms with Crippen molar-refractivity contribution in [2.45, 2.75) is 51.4 Å². The first-order chi connectivity index (χ1) is 11.9. The lowest BCUT2D eigenvalue weighted by Crippen LogP contribution is -2.53. The Morgan fingerprint density at radius 3 is 1.12 bits per heavy atom. The smallest absolute Gasteiger partial charge is 0.324 e.